The molecule has 5 nitrogen and oxygen atoms in total. The van der Waals surface area contributed by atoms with Gasteiger partial charge in [0.1, 0.15) is 0 Å². The minimum atomic E-state index is 0.0720. The molecule has 5 rings (SSSR count). The van der Waals surface area contributed by atoms with Gasteiger partial charge >= 0.3 is 0 Å². The molecule has 0 radical (unpaired) electrons. The number of nitrogens with zero attached hydrogens (tertiary/aromatic N) is 3. The summed E-state index contributed by atoms with van der Waals surface area (Å²) in [6, 6.07) is 8.31. The van der Waals surface area contributed by atoms with Crippen molar-refractivity contribution in [2.75, 3.05) is 19.6 Å². The second-order valence-electron chi connectivity index (χ2n) is 11.0. The average molecular weight is 505 g/mol. The Morgan fingerprint density at radius 1 is 1.11 bits per heavy atom. The second kappa shape index (κ2) is 11.0. The van der Waals surface area contributed by atoms with E-state index in [9.17, 15) is 4.79 Å². The maximum absolute atomic E-state index is 12.6. The first-order valence-electron chi connectivity index (χ1n) is 13.5. The summed E-state index contributed by atoms with van der Waals surface area (Å²) in [7, 11) is 0. The summed E-state index contributed by atoms with van der Waals surface area (Å²) in [5.41, 5.74) is 7.26. The zero-order valence-electron chi connectivity index (χ0n) is 22.3. The molecule has 0 bridgehead atoms. The molecule has 36 heavy (non-hydrogen) atoms. The van der Waals surface area contributed by atoms with Gasteiger partial charge in [0.2, 0.25) is 0 Å². The third-order valence-electron chi connectivity index (χ3n) is 8.39. The van der Waals surface area contributed by atoms with Crippen molar-refractivity contribution in [3.8, 4) is 0 Å². The molecule has 6 heteroatoms. The van der Waals surface area contributed by atoms with Crippen molar-refractivity contribution >= 4 is 11.3 Å². The van der Waals surface area contributed by atoms with Crippen LogP contribution in [0.1, 0.15) is 75.5 Å². The summed E-state index contributed by atoms with van der Waals surface area (Å²) in [4.78, 5) is 28.4. The smallest absolute Gasteiger partial charge is 0.252 e. The number of aromatic amines is 1. The predicted molar refractivity (Wildman–Crippen MR) is 149 cm³/mol. The third-order valence-corrected chi connectivity index (χ3v) is 9.99. The highest BCUT2D eigenvalue weighted by molar-refractivity contribution is 7.12. The van der Waals surface area contributed by atoms with Crippen molar-refractivity contribution in [3.05, 3.63) is 84.2 Å². The number of H-pyrrole nitrogens is 1. The van der Waals surface area contributed by atoms with E-state index in [1.165, 1.54) is 29.7 Å². The number of aromatic nitrogens is 2. The first-order chi connectivity index (χ1) is 17.4. The monoisotopic (exact) mass is 504 g/mol. The second-order valence-corrected chi connectivity index (χ2v) is 12.1. The summed E-state index contributed by atoms with van der Waals surface area (Å²) in [6.07, 6.45) is 6.75. The summed E-state index contributed by atoms with van der Waals surface area (Å²) in [5.74, 6) is 1.35. The van der Waals surface area contributed by atoms with Crippen LogP contribution in [0.5, 0.6) is 0 Å². The molecule has 1 fully saturated rings. The molecule has 0 unspecified atom stereocenters. The van der Waals surface area contributed by atoms with E-state index in [-0.39, 0.29) is 5.56 Å². The molecule has 0 spiro atoms. The SMILES string of the molecule is Cc1cc(C)c(CN2CCCc3sc([C@H](C)C4CCN(Cc5ccccn5)CC4)c(C)c3C2)c(=O)[nH]1. The number of pyridine rings is 2. The predicted octanol–water partition coefficient (Wildman–Crippen LogP) is 5.72. The van der Waals surface area contributed by atoms with Crippen molar-refractivity contribution in [2.45, 2.75) is 78.9 Å². The van der Waals surface area contributed by atoms with Crippen molar-refractivity contribution in [2.24, 2.45) is 5.92 Å². The zero-order valence-corrected chi connectivity index (χ0v) is 23.1. The Labute approximate surface area is 219 Å². The molecule has 1 atom stereocenters. The molecule has 2 aliphatic rings. The van der Waals surface area contributed by atoms with Gasteiger partial charge in [0, 0.05) is 46.8 Å². The highest BCUT2D eigenvalue weighted by atomic mass is 32.1. The average Bonchev–Trinajstić information content (AvgIpc) is 3.03. The fourth-order valence-electron chi connectivity index (χ4n) is 6.22. The van der Waals surface area contributed by atoms with Gasteiger partial charge in [-0.1, -0.05) is 13.0 Å². The molecule has 0 aliphatic carbocycles. The molecule has 5 heterocycles. The number of likely N-dealkylation sites (tertiary alicyclic amines) is 1. The van der Waals surface area contributed by atoms with Gasteiger partial charge in [0.05, 0.1) is 5.69 Å². The first kappa shape index (κ1) is 25.4. The van der Waals surface area contributed by atoms with Crippen LogP contribution in [-0.2, 0) is 26.1 Å². The van der Waals surface area contributed by atoms with Crippen LogP contribution >= 0.6 is 11.3 Å². The van der Waals surface area contributed by atoms with Crippen molar-refractivity contribution < 1.29 is 0 Å². The van der Waals surface area contributed by atoms with Crippen LogP contribution in [0.4, 0.5) is 0 Å². The molecule has 0 saturated carbocycles. The third kappa shape index (κ3) is 5.51. The maximum Gasteiger partial charge on any atom is 0.252 e. The first-order valence-corrected chi connectivity index (χ1v) is 14.4. The normalized spacial score (nSPS) is 18.7. The zero-order chi connectivity index (χ0) is 25.2. The van der Waals surface area contributed by atoms with Crippen molar-refractivity contribution in [1.29, 1.82) is 0 Å². The van der Waals surface area contributed by atoms with Gasteiger partial charge in [0.25, 0.3) is 5.56 Å². The summed E-state index contributed by atoms with van der Waals surface area (Å²) in [6.45, 7) is 14.9. The molecule has 3 aromatic heterocycles. The van der Waals surface area contributed by atoms with Crippen LogP contribution in [0, 0.1) is 26.7 Å². The van der Waals surface area contributed by atoms with Crippen LogP contribution in [0.2, 0.25) is 0 Å². The Bertz CT molecular complexity index is 1240. The maximum atomic E-state index is 12.6. The van der Waals surface area contributed by atoms with Gasteiger partial charge < -0.3 is 4.98 Å². The van der Waals surface area contributed by atoms with E-state index in [0.29, 0.717) is 5.92 Å². The lowest BCUT2D eigenvalue weighted by molar-refractivity contribution is 0.164. The van der Waals surface area contributed by atoms with E-state index in [1.807, 2.05) is 19.2 Å². The lowest BCUT2D eigenvalue weighted by Crippen LogP contribution is -2.35. The van der Waals surface area contributed by atoms with E-state index >= 15 is 0 Å². The molecule has 192 valence electrons. The van der Waals surface area contributed by atoms with Gasteiger partial charge in [-0.25, -0.2) is 0 Å². The Kier molecular flexibility index (Phi) is 7.75. The molecule has 0 amide bonds. The highest BCUT2D eigenvalue weighted by Gasteiger charge is 2.30. The van der Waals surface area contributed by atoms with E-state index < -0.39 is 0 Å². The highest BCUT2D eigenvalue weighted by Crippen LogP contribution is 2.42. The molecule has 1 N–H and O–H groups in total. The number of nitrogens with one attached hydrogen (secondary N) is 1. The van der Waals surface area contributed by atoms with Crippen LogP contribution in [0.3, 0.4) is 0 Å². The Morgan fingerprint density at radius 2 is 1.92 bits per heavy atom. The van der Waals surface area contributed by atoms with Gasteiger partial charge in [-0.3, -0.25) is 19.6 Å². The largest absolute Gasteiger partial charge is 0.326 e. The van der Waals surface area contributed by atoms with Gasteiger partial charge in [-0.2, -0.15) is 0 Å². The minimum Gasteiger partial charge on any atom is -0.326 e. The van der Waals surface area contributed by atoms with Crippen LogP contribution in [0.25, 0.3) is 0 Å². The van der Waals surface area contributed by atoms with Gasteiger partial charge in [-0.15, -0.1) is 11.3 Å². The molecule has 3 aromatic rings. The molecule has 2 aliphatic heterocycles. The Balaban J connectivity index is 1.25. The van der Waals surface area contributed by atoms with Crippen LogP contribution in [-0.4, -0.2) is 39.4 Å². The Morgan fingerprint density at radius 3 is 2.64 bits per heavy atom. The lowest BCUT2D eigenvalue weighted by atomic mass is 9.83. The number of hydrogen-bond donors (Lipinski definition) is 1. The summed E-state index contributed by atoms with van der Waals surface area (Å²) >= 11 is 2.08. The standard InChI is InChI=1S/C30H40N4OS/c1-20-16-21(2)32-30(35)26(20)18-34-13-7-9-28-27(19-34)23(4)29(36-28)22(3)24-10-14-33(15-11-24)17-25-8-5-6-12-31-25/h5-6,8,12,16,22,24H,7,9-11,13-15,17-19H2,1-4H3,(H,32,35)/t22-/m1/s1. The number of aryl methyl sites for hydroxylation is 3. The Hall–Kier alpha value is -2.28. The van der Waals surface area contributed by atoms with E-state index in [1.54, 1.807) is 9.75 Å². The van der Waals surface area contributed by atoms with E-state index in [2.05, 4.69) is 70.1 Å². The van der Waals surface area contributed by atoms with Crippen molar-refractivity contribution in [3.63, 3.8) is 0 Å². The number of piperidine rings is 1. The topological polar surface area (TPSA) is 52.2 Å². The molecular formula is C30H40N4OS. The van der Waals surface area contributed by atoms with Crippen LogP contribution < -0.4 is 5.56 Å². The number of rotatable bonds is 6. The molecular weight excluding hydrogens is 464 g/mol. The van der Waals surface area contributed by atoms with E-state index in [0.717, 1.165) is 74.8 Å². The fraction of sp³-hybridized carbons (Fsp3) is 0.533. The molecule has 1 saturated heterocycles. The van der Waals surface area contributed by atoms with Crippen molar-refractivity contribution in [1.82, 2.24) is 19.8 Å². The summed E-state index contributed by atoms with van der Waals surface area (Å²) in [5, 5.41) is 0. The van der Waals surface area contributed by atoms with Crippen LogP contribution in [0.15, 0.2) is 35.3 Å². The van der Waals surface area contributed by atoms with Gasteiger partial charge in [-0.05, 0) is 113 Å². The lowest BCUT2D eigenvalue weighted by Gasteiger charge is -2.34. The quantitative estimate of drug-likeness (QED) is 0.466. The molecule has 0 aromatic carbocycles. The number of hydrogen-bond acceptors (Lipinski definition) is 5. The number of thiophene rings is 1. The van der Waals surface area contributed by atoms with E-state index in [4.69, 9.17) is 0 Å². The summed E-state index contributed by atoms with van der Waals surface area (Å²) < 4.78 is 0. The number of fused-ring (bicyclic) bond motifs is 1. The fourth-order valence-corrected chi connectivity index (χ4v) is 7.73. The van der Waals surface area contributed by atoms with Gasteiger partial charge in [0.15, 0.2) is 0 Å². The minimum absolute atomic E-state index is 0.0720.